The molecule has 2 aromatic carbocycles. The fraction of sp³-hybridized carbons (Fsp3) is 0.158. The zero-order chi connectivity index (χ0) is 16.9. The van der Waals surface area contributed by atoms with E-state index in [9.17, 15) is 4.79 Å². The van der Waals surface area contributed by atoms with Crippen LogP contribution in [0.4, 0.5) is 0 Å². The highest BCUT2D eigenvalue weighted by atomic mass is 79.9. The van der Waals surface area contributed by atoms with Crippen LogP contribution in [0.5, 0.6) is 0 Å². The maximum Gasteiger partial charge on any atom is 0.253 e. The second-order valence-electron chi connectivity index (χ2n) is 5.65. The van der Waals surface area contributed by atoms with Gasteiger partial charge in [0.2, 0.25) is 0 Å². The van der Waals surface area contributed by atoms with Gasteiger partial charge in [-0.15, -0.1) is 0 Å². The fourth-order valence-corrected chi connectivity index (χ4v) is 2.92. The van der Waals surface area contributed by atoms with Crippen molar-refractivity contribution in [3.8, 4) is 0 Å². The molecule has 4 nitrogen and oxygen atoms in total. The van der Waals surface area contributed by atoms with Crippen molar-refractivity contribution in [3.05, 3.63) is 88.2 Å². The molecule has 122 valence electrons. The van der Waals surface area contributed by atoms with Crippen molar-refractivity contribution < 1.29 is 4.79 Å². The van der Waals surface area contributed by atoms with Crippen LogP contribution in [-0.4, -0.2) is 27.6 Å². The first kappa shape index (κ1) is 16.5. The number of rotatable bonds is 5. The summed E-state index contributed by atoms with van der Waals surface area (Å²) in [5.74, 6) is 0.0105. The quantitative estimate of drug-likeness (QED) is 0.668. The van der Waals surface area contributed by atoms with Gasteiger partial charge in [-0.3, -0.25) is 9.48 Å². The molecule has 0 aliphatic heterocycles. The predicted molar refractivity (Wildman–Crippen MR) is 97.7 cm³/mol. The van der Waals surface area contributed by atoms with Gasteiger partial charge >= 0.3 is 0 Å². The van der Waals surface area contributed by atoms with E-state index in [4.69, 9.17) is 0 Å². The largest absolute Gasteiger partial charge is 0.337 e. The number of hydrogen-bond donors (Lipinski definition) is 0. The van der Waals surface area contributed by atoms with E-state index in [0.29, 0.717) is 18.7 Å². The monoisotopic (exact) mass is 383 g/mol. The normalized spacial score (nSPS) is 10.6. The van der Waals surface area contributed by atoms with Gasteiger partial charge in [-0.25, -0.2) is 0 Å². The number of carbonyl (C=O) groups is 1. The van der Waals surface area contributed by atoms with Gasteiger partial charge in [0.05, 0.1) is 6.54 Å². The van der Waals surface area contributed by atoms with Gasteiger partial charge in [-0.05, 0) is 35.4 Å². The van der Waals surface area contributed by atoms with E-state index < -0.39 is 0 Å². The van der Waals surface area contributed by atoms with Crippen LogP contribution in [0.1, 0.15) is 21.5 Å². The highest BCUT2D eigenvalue weighted by Crippen LogP contribution is 2.18. The summed E-state index contributed by atoms with van der Waals surface area (Å²) in [5.41, 5.74) is 2.89. The Morgan fingerprint density at radius 1 is 1.12 bits per heavy atom. The van der Waals surface area contributed by atoms with Crippen molar-refractivity contribution in [2.45, 2.75) is 13.1 Å². The first-order valence-corrected chi connectivity index (χ1v) is 8.48. The van der Waals surface area contributed by atoms with Gasteiger partial charge in [0, 0.05) is 36.0 Å². The molecule has 0 spiro atoms. The van der Waals surface area contributed by atoms with Crippen LogP contribution in [-0.2, 0) is 13.1 Å². The molecule has 3 rings (SSSR count). The molecule has 0 N–H and O–H groups in total. The summed E-state index contributed by atoms with van der Waals surface area (Å²) < 4.78 is 2.87. The summed E-state index contributed by atoms with van der Waals surface area (Å²) in [4.78, 5) is 14.3. The van der Waals surface area contributed by atoms with E-state index in [1.807, 2.05) is 72.5 Å². The molecule has 0 aliphatic rings. The second kappa shape index (κ2) is 7.45. The number of amides is 1. The third kappa shape index (κ3) is 3.92. The Labute approximate surface area is 149 Å². The molecule has 1 aromatic heterocycles. The molecule has 0 fully saturated rings. The van der Waals surface area contributed by atoms with Gasteiger partial charge in [0.1, 0.15) is 0 Å². The summed E-state index contributed by atoms with van der Waals surface area (Å²) in [5, 5.41) is 4.19. The van der Waals surface area contributed by atoms with Gasteiger partial charge < -0.3 is 4.90 Å². The van der Waals surface area contributed by atoms with Crippen molar-refractivity contribution in [1.29, 1.82) is 0 Å². The second-order valence-corrected chi connectivity index (χ2v) is 6.51. The van der Waals surface area contributed by atoms with Crippen LogP contribution in [0.25, 0.3) is 0 Å². The lowest BCUT2D eigenvalue weighted by atomic mass is 10.1. The minimum atomic E-state index is 0.0105. The summed E-state index contributed by atoms with van der Waals surface area (Å²) in [7, 11) is 1.82. The summed E-state index contributed by atoms with van der Waals surface area (Å²) in [6, 6.07) is 17.5. The Balaban J connectivity index is 1.67. The molecule has 24 heavy (non-hydrogen) atoms. The SMILES string of the molecule is CN(Cc1ccccc1Br)C(=O)c1ccc(Cn2cccn2)cc1. The fourth-order valence-electron chi connectivity index (χ4n) is 2.51. The van der Waals surface area contributed by atoms with Crippen LogP contribution < -0.4 is 0 Å². The van der Waals surface area contributed by atoms with E-state index in [1.54, 1.807) is 11.1 Å². The van der Waals surface area contributed by atoms with Crippen molar-refractivity contribution in [3.63, 3.8) is 0 Å². The minimum Gasteiger partial charge on any atom is -0.337 e. The molecule has 0 radical (unpaired) electrons. The molecule has 1 heterocycles. The van der Waals surface area contributed by atoms with E-state index in [2.05, 4.69) is 21.0 Å². The van der Waals surface area contributed by atoms with Crippen LogP contribution >= 0.6 is 15.9 Å². The van der Waals surface area contributed by atoms with Crippen molar-refractivity contribution >= 4 is 21.8 Å². The van der Waals surface area contributed by atoms with Gasteiger partial charge in [-0.2, -0.15) is 5.10 Å². The molecule has 1 amide bonds. The average Bonchev–Trinajstić information content (AvgIpc) is 3.10. The smallest absolute Gasteiger partial charge is 0.253 e. The molecule has 0 saturated heterocycles. The van der Waals surface area contributed by atoms with Gasteiger partial charge in [0.15, 0.2) is 0 Å². The zero-order valence-corrected chi connectivity index (χ0v) is 15.0. The Morgan fingerprint density at radius 3 is 2.54 bits per heavy atom. The maximum atomic E-state index is 12.6. The number of halogens is 1. The highest BCUT2D eigenvalue weighted by molar-refractivity contribution is 9.10. The Hall–Kier alpha value is -2.40. The molecular formula is C19H18BrN3O. The van der Waals surface area contributed by atoms with Crippen LogP contribution in [0.2, 0.25) is 0 Å². The van der Waals surface area contributed by atoms with Crippen LogP contribution in [0, 0.1) is 0 Å². The molecule has 0 aliphatic carbocycles. The molecule has 0 bridgehead atoms. The number of carbonyl (C=O) groups excluding carboxylic acids is 1. The van der Waals surface area contributed by atoms with E-state index in [0.717, 1.165) is 15.6 Å². The number of aromatic nitrogens is 2. The first-order chi connectivity index (χ1) is 11.6. The summed E-state index contributed by atoms with van der Waals surface area (Å²) in [6.07, 6.45) is 3.68. The molecule has 0 saturated carbocycles. The number of benzene rings is 2. The van der Waals surface area contributed by atoms with Crippen LogP contribution in [0.3, 0.4) is 0 Å². The van der Waals surface area contributed by atoms with E-state index in [1.165, 1.54) is 0 Å². The lowest BCUT2D eigenvalue weighted by molar-refractivity contribution is 0.0785. The summed E-state index contributed by atoms with van der Waals surface area (Å²) >= 11 is 3.52. The zero-order valence-electron chi connectivity index (χ0n) is 13.4. The topological polar surface area (TPSA) is 38.1 Å². The Morgan fingerprint density at radius 2 is 1.88 bits per heavy atom. The highest BCUT2D eigenvalue weighted by Gasteiger charge is 2.13. The molecule has 0 atom stereocenters. The van der Waals surface area contributed by atoms with Crippen molar-refractivity contribution in [2.24, 2.45) is 0 Å². The van der Waals surface area contributed by atoms with E-state index >= 15 is 0 Å². The maximum absolute atomic E-state index is 12.6. The third-order valence-electron chi connectivity index (χ3n) is 3.82. The van der Waals surface area contributed by atoms with Gasteiger partial charge in [0.25, 0.3) is 5.91 Å². The third-order valence-corrected chi connectivity index (χ3v) is 4.59. The lowest BCUT2D eigenvalue weighted by Gasteiger charge is -2.18. The molecule has 3 aromatic rings. The Kier molecular flexibility index (Phi) is 5.11. The van der Waals surface area contributed by atoms with Gasteiger partial charge in [-0.1, -0.05) is 46.3 Å². The minimum absolute atomic E-state index is 0.0105. The van der Waals surface area contributed by atoms with Crippen molar-refractivity contribution in [1.82, 2.24) is 14.7 Å². The summed E-state index contributed by atoms with van der Waals surface area (Å²) in [6.45, 7) is 1.27. The molecular weight excluding hydrogens is 366 g/mol. The predicted octanol–water partition coefficient (Wildman–Crippen LogP) is 3.97. The van der Waals surface area contributed by atoms with E-state index in [-0.39, 0.29) is 5.91 Å². The van der Waals surface area contributed by atoms with Crippen LogP contribution in [0.15, 0.2) is 71.5 Å². The Bertz CT molecular complexity index is 813. The molecule has 0 unspecified atom stereocenters. The lowest BCUT2D eigenvalue weighted by Crippen LogP contribution is -2.26. The molecule has 5 heteroatoms. The number of nitrogens with zero attached hydrogens (tertiary/aromatic N) is 3. The van der Waals surface area contributed by atoms with Crippen molar-refractivity contribution in [2.75, 3.05) is 7.05 Å². The number of hydrogen-bond acceptors (Lipinski definition) is 2. The average molecular weight is 384 g/mol. The first-order valence-electron chi connectivity index (χ1n) is 7.69. The standard InChI is InChI=1S/C19H18BrN3O/c1-22(14-17-5-2-3-6-18(17)20)19(24)16-9-7-15(8-10-16)13-23-12-4-11-21-23/h2-12H,13-14H2,1H3.